The normalized spacial score (nSPS) is 16.5. The Morgan fingerprint density at radius 3 is 1.40 bits per heavy atom. The summed E-state index contributed by atoms with van der Waals surface area (Å²) in [5, 5.41) is 48.9. The molecular formula is C18H20F2O5. The summed E-state index contributed by atoms with van der Waals surface area (Å²) >= 11 is 0. The first kappa shape index (κ1) is 19.4. The fourth-order valence-electron chi connectivity index (χ4n) is 2.66. The average Bonchev–Trinajstić information content (AvgIpc) is 2.63. The molecule has 0 fully saturated rings. The summed E-state index contributed by atoms with van der Waals surface area (Å²) in [4.78, 5) is 0. The van der Waals surface area contributed by atoms with Crippen LogP contribution in [-0.2, 0) is 0 Å². The van der Waals surface area contributed by atoms with Gasteiger partial charge in [-0.2, -0.15) is 0 Å². The summed E-state index contributed by atoms with van der Waals surface area (Å²) < 4.78 is 26.4. The minimum absolute atomic E-state index is 0.422. The Kier molecular flexibility index (Phi) is 6.57. The van der Waals surface area contributed by atoms with Crippen LogP contribution in [0.5, 0.6) is 0 Å². The number of hydrogen-bond donors (Lipinski definition) is 5. The van der Waals surface area contributed by atoms with Crippen molar-refractivity contribution in [3.63, 3.8) is 0 Å². The Hall–Kier alpha value is -1.90. The summed E-state index contributed by atoms with van der Waals surface area (Å²) in [6.07, 6.45) is -6.86. The molecule has 2 rings (SSSR count). The van der Waals surface area contributed by atoms with Gasteiger partial charge in [0.25, 0.3) is 0 Å². The molecule has 0 bridgehead atoms. The van der Waals surface area contributed by atoms with Gasteiger partial charge >= 0.3 is 0 Å². The lowest BCUT2D eigenvalue weighted by Crippen LogP contribution is -2.48. The first-order valence-corrected chi connectivity index (χ1v) is 7.69. The molecule has 5 nitrogen and oxygen atoms in total. The van der Waals surface area contributed by atoms with Gasteiger partial charge in [0, 0.05) is 5.92 Å². The average molecular weight is 354 g/mol. The van der Waals surface area contributed by atoms with E-state index in [2.05, 4.69) is 0 Å². The minimum atomic E-state index is -1.80. The van der Waals surface area contributed by atoms with Gasteiger partial charge in [-0.15, -0.1) is 0 Å². The van der Waals surface area contributed by atoms with Crippen molar-refractivity contribution < 1.29 is 34.3 Å². The van der Waals surface area contributed by atoms with Crippen LogP contribution in [0.25, 0.3) is 0 Å². The van der Waals surface area contributed by atoms with E-state index in [0.717, 1.165) is 0 Å². The van der Waals surface area contributed by atoms with Crippen LogP contribution in [0.2, 0.25) is 0 Å². The third-order valence-corrected chi connectivity index (χ3v) is 4.08. The third-order valence-electron chi connectivity index (χ3n) is 4.08. The van der Waals surface area contributed by atoms with E-state index >= 15 is 0 Å². The zero-order chi connectivity index (χ0) is 18.6. The van der Waals surface area contributed by atoms with Crippen LogP contribution in [0, 0.1) is 11.6 Å². The van der Waals surface area contributed by atoms with E-state index in [9.17, 15) is 29.2 Å². The quantitative estimate of drug-likeness (QED) is 0.499. The van der Waals surface area contributed by atoms with Gasteiger partial charge in [0.1, 0.15) is 29.9 Å². The largest absolute Gasteiger partial charge is 0.394 e. The maximum atomic E-state index is 13.2. The van der Waals surface area contributed by atoms with Crippen molar-refractivity contribution in [3.05, 3.63) is 71.3 Å². The molecule has 136 valence electrons. The van der Waals surface area contributed by atoms with Crippen LogP contribution in [-0.4, -0.2) is 56.6 Å². The van der Waals surface area contributed by atoms with Gasteiger partial charge in [0.2, 0.25) is 0 Å². The molecule has 0 aliphatic heterocycles. The zero-order valence-corrected chi connectivity index (χ0v) is 13.2. The van der Waals surface area contributed by atoms with Gasteiger partial charge in [-0.3, -0.25) is 0 Å². The molecule has 4 atom stereocenters. The second kappa shape index (κ2) is 8.46. The lowest BCUT2D eigenvalue weighted by molar-refractivity contribution is -0.117. The highest BCUT2D eigenvalue weighted by atomic mass is 19.1. The third kappa shape index (κ3) is 4.59. The zero-order valence-electron chi connectivity index (χ0n) is 13.2. The fraction of sp³-hybridized carbons (Fsp3) is 0.333. The number of rotatable bonds is 7. The summed E-state index contributed by atoms with van der Waals surface area (Å²) in [7, 11) is 0. The predicted octanol–water partition coefficient (Wildman–Crippen LogP) is 0.533. The Morgan fingerprint density at radius 2 is 1.04 bits per heavy atom. The fourth-order valence-corrected chi connectivity index (χ4v) is 2.66. The summed E-state index contributed by atoms with van der Waals surface area (Å²) in [5.41, 5.74) is 0.843. The predicted molar refractivity (Wildman–Crippen MR) is 85.8 cm³/mol. The molecule has 0 aliphatic rings. The van der Waals surface area contributed by atoms with Gasteiger partial charge in [-0.1, -0.05) is 24.3 Å². The molecule has 2 aromatic rings. The maximum absolute atomic E-state index is 13.2. The van der Waals surface area contributed by atoms with Crippen molar-refractivity contribution in [1.82, 2.24) is 0 Å². The highest BCUT2D eigenvalue weighted by Gasteiger charge is 2.36. The lowest BCUT2D eigenvalue weighted by atomic mass is 9.82. The van der Waals surface area contributed by atoms with E-state index in [1.54, 1.807) is 0 Å². The SMILES string of the molecule is OC[C@@H](O)[C@@H](O)[C@H](O)[C@H](O)C(c1ccc(F)cc1)c1ccc(F)cc1. The van der Waals surface area contributed by atoms with Gasteiger partial charge in [0.05, 0.1) is 12.7 Å². The molecule has 0 aromatic heterocycles. The molecule has 0 saturated carbocycles. The molecule has 0 heterocycles. The Labute approximate surface area is 143 Å². The molecule has 7 heteroatoms. The number of hydrogen-bond acceptors (Lipinski definition) is 5. The summed E-state index contributed by atoms with van der Waals surface area (Å²) in [5.74, 6) is -1.91. The molecule has 0 amide bonds. The van der Waals surface area contributed by atoms with Crippen molar-refractivity contribution in [2.24, 2.45) is 0 Å². The summed E-state index contributed by atoms with van der Waals surface area (Å²) in [6, 6.07) is 10.3. The molecule has 5 N–H and O–H groups in total. The van der Waals surface area contributed by atoms with Crippen molar-refractivity contribution in [2.45, 2.75) is 30.3 Å². The van der Waals surface area contributed by atoms with Crippen LogP contribution in [0.1, 0.15) is 17.0 Å². The molecule has 0 spiro atoms. The highest BCUT2D eigenvalue weighted by molar-refractivity contribution is 5.34. The minimum Gasteiger partial charge on any atom is -0.394 e. The van der Waals surface area contributed by atoms with E-state index in [0.29, 0.717) is 11.1 Å². The molecule has 0 aliphatic carbocycles. The number of benzene rings is 2. The van der Waals surface area contributed by atoms with Crippen LogP contribution < -0.4 is 0 Å². The van der Waals surface area contributed by atoms with Crippen LogP contribution in [0.4, 0.5) is 8.78 Å². The molecule has 2 aromatic carbocycles. The smallest absolute Gasteiger partial charge is 0.123 e. The first-order chi connectivity index (χ1) is 11.8. The van der Waals surface area contributed by atoms with Crippen molar-refractivity contribution >= 4 is 0 Å². The Morgan fingerprint density at radius 1 is 0.640 bits per heavy atom. The Bertz CT molecular complexity index is 617. The van der Waals surface area contributed by atoms with E-state index in [4.69, 9.17) is 5.11 Å². The van der Waals surface area contributed by atoms with Crippen molar-refractivity contribution in [3.8, 4) is 0 Å². The van der Waals surface area contributed by atoms with E-state index in [-0.39, 0.29) is 0 Å². The standard InChI is InChI=1S/C18H20F2O5/c19-12-5-1-10(2-6-12)15(11-3-7-13(20)8-4-11)17(24)18(25)16(23)14(22)9-21/h1-8,14-18,21-25H,9H2/t14-,16-,17-,18+/m1/s1. The second-order valence-corrected chi connectivity index (χ2v) is 5.80. The molecule has 0 radical (unpaired) electrons. The maximum Gasteiger partial charge on any atom is 0.123 e. The van der Waals surface area contributed by atoms with Crippen LogP contribution in [0.3, 0.4) is 0 Å². The van der Waals surface area contributed by atoms with Crippen LogP contribution in [0.15, 0.2) is 48.5 Å². The molecule has 0 unspecified atom stereocenters. The van der Waals surface area contributed by atoms with Crippen molar-refractivity contribution in [1.29, 1.82) is 0 Å². The van der Waals surface area contributed by atoms with E-state index < -0.39 is 48.6 Å². The number of aliphatic hydroxyl groups is 5. The summed E-state index contributed by atoms with van der Waals surface area (Å²) in [6.45, 7) is -0.803. The van der Waals surface area contributed by atoms with Crippen molar-refractivity contribution in [2.75, 3.05) is 6.61 Å². The van der Waals surface area contributed by atoms with Gasteiger partial charge < -0.3 is 25.5 Å². The molecular weight excluding hydrogens is 334 g/mol. The van der Waals surface area contributed by atoms with E-state index in [1.165, 1.54) is 48.5 Å². The monoisotopic (exact) mass is 354 g/mol. The second-order valence-electron chi connectivity index (χ2n) is 5.80. The van der Waals surface area contributed by atoms with Gasteiger partial charge in [-0.05, 0) is 35.4 Å². The highest BCUT2D eigenvalue weighted by Crippen LogP contribution is 2.31. The van der Waals surface area contributed by atoms with E-state index in [1.807, 2.05) is 0 Å². The number of halogens is 2. The first-order valence-electron chi connectivity index (χ1n) is 7.69. The lowest BCUT2D eigenvalue weighted by Gasteiger charge is -2.31. The molecule has 25 heavy (non-hydrogen) atoms. The topological polar surface area (TPSA) is 101 Å². The molecule has 0 saturated heterocycles. The number of aliphatic hydroxyl groups excluding tert-OH is 5. The van der Waals surface area contributed by atoms with Crippen LogP contribution >= 0.6 is 0 Å². The Balaban J connectivity index is 2.40. The van der Waals surface area contributed by atoms with Gasteiger partial charge in [0.15, 0.2) is 0 Å². The van der Waals surface area contributed by atoms with Gasteiger partial charge in [-0.25, -0.2) is 8.78 Å².